The van der Waals surface area contributed by atoms with Crippen LogP contribution in [0.5, 0.6) is 0 Å². The molecule has 1 aliphatic heterocycles. The van der Waals surface area contributed by atoms with Crippen molar-refractivity contribution in [3.63, 3.8) is 0 Å². The van der Waals surface area contributed by atoms with E-state index in [2.05, 4.69) is 36.5 Å². The van der Waals surface area contributed by atoms with Crippen LogP contribution in [0, 0.1) is 6.92 Å². The maximum absolute atomic E-state index is 11.5. The largest absolute Gasteiger partial charge is 0.377 e. The molecule has 92 valence electrons. The molecule has 1 N–H and O–H groups in total. The number of carbonyl (C=O) groups excluding carboxylic acids is 1. The van der Waals surface area contributed by atoms with Crippen LogP contribution >= 0.6 is 11.8 Å². The fourth-order valence-electron chi connectivity index (χ4n) is 1.51. The summed E-state index contributed by atoms with van der Waals surface area (Å²) in [4.78, 5) is 12.7. The molecule has 1 fully saturated rings. The number of benzene rings is 1. The van der Waals surface area contributed by atoms with E-state index in [0.717, 1.165) is 5.75 Å². The number of aryl methyl sites for hydroxylation is 1. The molecular weight excluding hydrogens is 234 g/mol. The van der Waals surface area contributed by atoms with Crippen LogP contribution in [-0.4, -0.2) is 30.9 Å². The average Bonchev–Trinajstić information content (AvgIpc) is 2.26. The standard InChI is InChI=1S/C13H17NO2S/c1-10-2-4-12(5-3-10)17-7-6-13(15)14-11-8-16-9-11/h2-5,11H,6-9H2,1H3,(H,14,15). The Bertz CT molecular complexity index is 374. The molecule has 0 radical (unpaired) electrons. The van der Waals surface area contributed by atoms with Gasteiger partial charge in [0, 0.05) is 17.1 Å². The van der Waals surface area contributed by atoms with Gasteiger partial charge in [0.1, 0.15) is 0 Å². The zero-order valence-corrected chi connectivity index (χ0v) is 10.8. The lowest BCUT2D eigenvalue weighted by Gasteiger charge is -2.26. The number of ether oxygens (including phenoxy) is 1. The van der Waals surface area contributed by atoms with Crippen molar-refractivity contribution in [1.29, 1.82) is 0 Å². The Morgan fingerprint density at radius 2 is 2.12 bits per heavy atom. The smallest absolute Gasteiger partial charge is 0.221 e. The van der Waals surface area contributed by atoms with Gasteiger partial charge in [0.25, 0.3) is 0 Å². The Hall–Kier alpha value is -1.00. The summed E-state index contributed by atoms with van der Waals surface area (Å²) in [6.45, 7) is 3.40. The zero-order chi connectivity index (χ0) is 12.1. The van der Waals surface area contributed by atoms with Crippen LogP contribution in [0.4, 0.5) is 0 Å². The predicted molar refractivity (Wildman–Crippen MR) is 69.3 cm³/mol. The molecule has 0 aromatic heterocycles. The summed E-state index contributed by atoms with van der Waals surface area (Å²) in [5.41, 5.74) is 1.26. The van der Waals surface area contributed by atoms with Crippen molar-refractivity contribution in [2.24, 2.45) is 0 Å². The lowest BCUT2D eigenvalue weighted by atomic mass is 10.2. The van der Waals surface area contributed by atoms with E-state index in [4.69, 9.17) is 4.74 Å². The molecule has 1 heterocycles. The highest BCUT2D eigenvalue weighted by Crippen LogP contribution is 2.18. The Labute approximate surface area is 106 Å². The molecule has 1 aromatic rings. The first-order valence-corrected chi connectivity index (χ1v) is 6.79. The van der Waals surface area contributed by atoms with Crippen LogP contribution < -0.4 is 5.32 Å². The van der Waals surface area contributed by atoms with Gasteiger partial charge < -0.3 is 10.1 Å². The van der Waals surface area contributed by atoms with Crippen molar-refractivity contribution < 1.29 is 9.53 Å². The Morgan fingerprint density at radius 1 is 1.41 bits per heavy atom. The third-order valence-electron chi connectivity index (χ3n) is 2.62. The van der Waals surface area contributed by atoms with Crippen LogP contribution in [0.25, 0.3) is 0 Å². The monoisotopic (exact) mass is 251 g/mol. The van der Waals surface area contributed by atoms with Gasteiger partial charge in [-0.2, -0.15) is 0 Å². The van der Waals surface area contributed by atoms with E-state index in [0.29, 0.717) is 19.6 Å². The summed E-state index contributed by atoms with van der Waals surface area (Å²) in [5, 5.41) is 2.93. The molecule has 0 bridgehead atoms. The zero-order valence-electron chi connectivity index (χ0n) is 9.94. The van der Waals surface area contributed by atoms with Crippen LogP contribution in [0.2, 0.25) is 0 Å². The molecule has 17 heavy (non-hydrogen) atoms. The van der Waals surface area contributed by atoms with E-state index in [1.165, 1.54) is 10.5 Å². The van der Waals surface area contributed by atoms with E-state index in [-0.39, 0.29) is 11.9 Å². The first kappa shape index (κ1) is 12.5. The topological polar surface area (TPSA) is 38.3 Å². The van der Waals surface area contributed by atoms with Crippen LogP contribution in [0.3, 0.4) is 0 Å². The van der Waals surface area contributed by atoms with Gasteiger partial charge in [-0.25, -0.2) is 0 Å². The Balaban J connectivity index is 1.64. The third-order valence-corrected chi connectivity index (χ3v) is 3.64. The molecule has 0 unspecified atom stereocenters. The van der Waals surface area contributed by atoms with Crippen LogP contribution in [0.1, 0.15) is 12.0 Å². The molecule has 1 amide bonds. The summed E-state index contributed by atoms with van der Waals surface area (Å²) < 4.78 is 5.00. The van der Waals surface area contributed by atoms with E-state index in [9.17, 15) is 4.79 Å². The van der Waals surface area contributed by atoms with Crippen molar-refractivity contribution in [1.82, 2.24) is 5.32 Å². The van der Waals surface area contributed by atoms with Gasteiger partial charge >= 0.3 is 0 Å². The van der Waals surface area contributed by atoms with Crippen LogP contribution in [0.15, 0.2) is 29.2 Å². The van der Waals surface area contributed by atoms with Gasteiger partial charge in [-0.1, -0.05) is 17.7 Å². The van der Waals surface area contributed by atoms with Gasteiger partial charge in [-0.3, -0.25) is 4.79 Å². The number of thioether (sulfide) groups is 1. The maximum atomic E-state index is 11.5. The highest BCUT2D eigenvalue weighted by molar-refractivity contribution is 7.99. The SMILES string of the molecule is Cc1ccc(SCCC(=O)NC2COC2)cc1. The minimum absolute atomic E-state index is 0.123. The van der Waals surface area contributed by atoms with E-state index >= 15 is 0 Å². The summed E-state index contributed by atoms with van der Waals surface area (Å²) >= 11 is 1.72. The van der Waals surface area contributed by atoms with Crippen molar-refractivity contribution in [2.75, 3.05) is 19.0 Å². The predicted octanol–water partition coefficient (Wildman–Crippen LogP) is 1.99. The lowest BCUT2D eigenvalue weighted by molar-refractivity contribution is -0.124. The third kappa shape index (κ3) is 4.06. The number of nitrogens with one attached hydrogen (secondary N) is 1. The molecule has 0 saturated carbocycles. The number of hydrogen-bond acceptors (Lipinski definition) is 3. The number of amides is 1. The maximum Gasteiger partial charge on any atom is 0.221 e. The molecule has 2 rings (SSSR count). The fourth-order valence-corrected chi connectivity index (χ4v) is 2.37. The summed E-state index contributed by atoms with van der Waals surface area (Å²) in [6.07, 6.45) is 0.565. The number of hydrogen-bond donors (Lipinski definition) is 1. The molecular formula is C13H17NO2S. The molecule has 1 saturated heterocycles. The van der Waals surface area contributed by atoms with E-state index < -0.39 is 0 Å². The van der Waals surface area contributed by atoms with Gasteiger partial charge in [-0.05, 0) is 19.1 Å². The molecule has 1 aromatic carbocycles. The first-order chi connectivity index (χ1) is 8.24. The number of rotatable bonds is 5. The van der Waals surface area contributed by atoms with Gasteiger partial charge in [0.05, 0.1) is 19.3 Å². The molecule has 0 spiro atoms. The lowest BCUT2D eigenvalue weighted by Crippen LogP contribution is -2.48. The van der Waals surface area contributed by atoms with Crippen molar-refractivity contribution in [3.8, 4) is 0 Å². The first-order valence-electron chi connectivity index (χ1n) is 5.80. The van der Waals surface area contributed by atoms with E-state index in [1.54, 1.807) is 11.8 Å². The second kappa shape index (κ2) is 6.07. The summed E-state index contributed by atoms with van der Waals surface area (Å²) in [7, 11) is 0. The normalized spacial score (nSPS) is 15.4. The van der Waals surface area contributed by atoms with Gasteiger partial charge in [0.15, 0.2) is 0 Å². The average molecular weight is 251 g/mol. The highest BCUT2D eigenvalue weighted by Gasteiger charge is 2.19. The molecule has 0 atom stereocenters. The summed E-state index contributed by atoms with van der Waals surface area (Å²) in [6, 6.07) is 8.62. The van der Waals surface area contributed by atoms with E-state index in [1.807, 2.05) is 0 Å². The minimum atomic E-state index is 0.123. The minimum Gasteiger partial charge on any atom is -0.377 e. The van der Waals surface area contributed by atoms with Crippen molar-refractivity contribution in [3.05, 3.63) is 29.8 Å². The molecule has 0 aliphatic carbocycles. The van der Waals surface area contributed by atoms with Crippen LogP contribution in [-0.2, 0) is 9.53 Å². The van der Waals surface area contributed by atoms with Gasteiger partial charge in [0.2, 0.25) is 5.91 Å². The highest BCUT2D eigenvalue weighted by atomic mass is 32.2. The molecule has 1 aliphatic rings. The number of carbonyl (C=O) groups is 1. The Kier molecular flexibility index (Phi) is 4.45. The van der Waals surface area contributed by atoms with Gasteiger partial charge in [-0.15, -0.1) is 11.8 Å². The fraction of sp³-hybridized carbons (Fsp3) is 0.462. The second-order valence-corrected chi connectivity index (χ2v) is 5.38. The second-order valence-electron chi connectivity index (χ2n) is 4.21. The van der Waals surface area contributed by atoms with Crippen molar-refractivity contribution >= 4 is 17.7 Å². The summed E-state index contributed by atoms with van der Waals surface area (Å²) in [5.74, 6) is 0.945. The molecule has 3 nitrogen and oxygen atoms in total. The van der Waals surface area contributed by atoms with Crippen molar-refractivity contribution in [2.45, 2.75) is 24.3 Å². The Morgan fingerprint density at radius 3 is 2.71 bits per heavy atom. The quantitative estimate of drug-likeness (QED) is 0.813. The molecule has 4 heteroatoms.